The highest BCUT2D eigenvalue weighted by Gasteiger charge is 2.30. The number of aromatic nitrogens is 1. The molecule has 0 spiro atoms. The van der Waals surface area contributed by atoms with E-state index in [4.69, 9.17) is 0 Å². The Morgan fingerprint density at radius 2 is 1.50 bits per heavy atom. The molecule has 2 amide bonds. The van der Waals surface area contributed by atoms with Crippen molar-refractivity contribution in [3.63, 3.8) is 0 Å². The Hall–Kier alpha value is -1.63. The molecule has 3 rings (SSSR count). The average Bonchev–Trinajstić information content (AvgIpc) is 3.09. The molecule has 7 heteroatoms. The van der Waals surface area contributed by atoms with Crippen LogP contribution in [0.25, 0.3) is 0 Å². The van der Waals surface area contributed by atoms with E-state index >= 15 is 0 Å². The van der Waals surface area contributed by atoms with Crippen LogP contribution in [-0.4, -0.2) is 65.9 Å². The van der Waals surface area contributed by atoms with Gasteiger partial charge < -0.3 is 14.7 Å². The summed E-state index contributed by atoms with van der Waals surface area (Å²) in [4.78, 5) is 34.2. The molecule has 22 heavy (non-hydrogen) atoms. The van der Waals surface area contributed by atoms with Crippen LogP contribution in [0.5, 0.6) is 0 Å². The number of hydrogen-bond acceptors (Lipinski definition) is 4. The molecule has 3 heterocycles. The molecule has 0 atom stereocenters. The molecule has 118 valence electrons. The van der Waals surface area contributed by atoms with Crippen molar-refractivity contribution in [2.45, 2.75) is 12.8 Å². The maximum Gasteiger partial charge on any atom is 0.312 e. The molecule has 1 aromatic rings. The topological polar surface area (TPSA) is 56.8 Å². The van der Waals surface area contributed by atoms with E-state index in [2.05, 4.69) is 25.8 Å². The van der Waals surface area contributed by atoms with Gasteiger partial charge in [0.1, 0.15) is 5.82 Å². The third kappa shape index (κ3) is 3.24. The fourth-order valence-electron chi connectivity index (χ4n) is 2.88. The van der Waals surface area contributed by atoms with Crippen LogP contribution in [0.15, 0.2) is 22.8 Å². The zero-order valence-corrected chi connectivity index (χ0v) is 14.0. The first-order valence-electron chi connectivity index (χ1n) is 7.60. The molecule has 2 fully saturated rings. The number of rotatable bonds is 1. The van der Waals surface area contributed by atoms with E-state index in [0.717, 1.165) is 23.1 Å². The SMILES string of the molecule is O=C(C(=O)N1CCN(c2ccc(Br)cn2)CC1)N1CCCC1. The van der Waals surface area contributed by atoms with Crippen molar-refractivity contribution in [2.24, 2.45) is 0 Å². The van der Waals surface area contributed by atoms with E-state index in [9.17, 15) is 9.59 Å². The lowest BCUT2D eigenvalue weighted by Crippen LogP contribution is -2.53. The summed E-state index contributed by atoms with van der Waals surface area (Å²) in [6, 6.07) is 3.91. The molecule has 0 N–H and O–H groups in total. The van der Waals surface area contributed by atoms with E-state index < -0.39 is 0 Å². The van der Waals surface area contributed by atoms with Crippen LogP contribution in [-0.2, 0) is 9.59 Å². The van der Waals surface area contributed by atoms with Crippen molar-refractivity contribution in [1.82, 2.24) is 14.8 Å². The molecule has 2 saturated heterocycles. The Balaban J connectivity index is 1.55. The number of amides is 2. The Kier molecular flexibility index (Phi) is 4.61. The fraction of sp³-hybridized carbons (Fsp3) is 0.533. The zero-order chi connectivity index (χ0) is 15.5. The lowest BCUT2D eigenvalue weighted by Gasteiger charge is -2.35. The summed E-state index contributed by atoms with van der Waals surface area (Å²) >= 11 is 3.37. The molecule has 0 aliphatic carbocycles. The van der Waals surface area contributed by atoms with Crippen LogP contribution >= 0.6 is 15.9 Å². The number of anilines is 1. The van der Waals surface area contributed by atoms with Gasteiger partial charge in [-0.25, -0.2) is 4.98 Å². The highest BCUT2D eigenvalue weighted by atomic mass is 79.9. The van der Waals surface area contributed by atoms with Crippen molar-refractivity contribution in [3.8, 4) is 0 Å². The summed E-state index contributed by atoms with van der Waals surface area (Å²) in [6.07, 6.45) is 3.77. The van der Waals surface area contributed by atoms with Gasteiger partial charge in [-0.05, 0) is 40.9 Å². The molecular formula is C15H19BrN4O2. The summed E-state index contributed by atoms with van der Waals surface area (Å²) < 4.78 is 0.946. The van der Waals surface area contributed by atoms with Crippen LogP contribution in [0, 0.1) is 0 Å². The average molecular weight is 367 g/mol. The first-order valence-corrected chi connectivity index (χ1v) is 8.39. The van der Waals surface area contributed by atoms with E-state index in [1.807, 2.05) is 12.1 Å². The summed E-state index contributed by atoms with van der Waals surface area (Å²) in [5, 5.41) is 0. The van der Waals surface area contributed by atoms with Crippen molar-refractivity contribution < 1.29 is 9.59 Å². The zero-order valence-electron chi connectivity index (χ0n) is 12.4. The van der Waals surface area contributed by atoms with Gasteiger partial charge in [0.25, 0.3) is 0 Å². The second-order valence-electron chi connectivity index (χ2n) is 5.61. The maximum atomic E-state index is 12.3. The summed E-state index contributed by atoms with van der Waals surface area (Å²) in [6.45, 7) is 3.97. The van der Waals surface area contributed by atoms with Gasteiger partial charge in [-0.15, -0.1) is 0 Å². The van der Waals surface area contributed by atoms with Crippen molar-refractivity contribution in [2.75, 3.05) is 44.2 Å². The van der Waals surface area contributed by atoms with Gasteiger partial charge in [0.15, 0.2) is 0 Å². The number of carbonyl (C=O) groups excluding carboxylic acids is 2. The molecule has 6 nitrogen and oxygen atoms in total. The Morgan fingerprint density at radius 3 is 2.05 bits per heavy atom. The van der Waals surface area contributed by atoms with Crippen LogP contribution < -0.4 is 4.90 Å². The number of pyridine rings is 1. The molecule has 0 bridgehead atoms. The minimum absolute atomic E-state index is 0.340. The van der Waals surface area contributed by atoms with Gasteiger partial charge in [0.2, 0.25) is 0 Å². The van der Waals surface area contributed by atoms with Gasteiger partial charge in [-0.3, -0.25) is 9.59 Å². The first-order chi connectivity index (χ1) is 10.6. The van der Waals surface area contributed by atoms with Crippen LogP contribution in [0.3, 0.4) is 0 Å². The Morgan fingerprint density at radius 1 is 0.909 bits per heavy atom. The third-order valence-corrected chi connectivity index (χ3v) is 4.65. The van der Waals surface area contributed by atoms with Gasteiger partial charge in [-0.2, -0.15) is 0 Å². The van der Waals surface area contributed by atoms with Crippen LogP contribution in [0.4, 0.5) is 5.82 Å². The quantitative estimate of drug-likeness (QED) is 0.698. The number of hydrogen-bond donors (Lipinski definition) is 0. The van der Waals surface area contributed by atoms with Gasteiger partial charge in [0, 0.05) is 49.9 Å². The van der Waals surface area contributed by atoms with Crippen LogP contribution in [0.2, 0.25) is 0 Å². The number of likely N-dealkylation sites (tertiary alicyclic amines) is 1. The molecule has 0 unspecified atom stereocenters. The predicted octanol–water partition coefficient (Wildman–Crippen LogP) is 1.12. The molecular weight excluding hydrogens is 348 g/mol. The molecule has 1 aromatic heterocycles. The molecule has 2 aliphatic rings. The molecule has 0 saturated carbocycles. The second kappa shape index (κ2) is 6.64. The van der Waals surface area contributed by atoms with Gasteiger partial charge in [-0.1, -0.05) is 0 Å². The third-order valence-electron chi connectivity index (χ3n) is 4.18. The summed E-state index contributed by atoms with van der Waals surface area (Å²) in [5.74, 6) is 0.208. The lowest BCUT2D eigenvalue weighted by molar-refractivity contribution is -0.151. The number of piperazine rings is 1. The summed E-state index contributed by atoms with van der Waals surface area (Å²) in [5.41, 5.74) is 0. The number of carbonyl (C=O) groups is 2. The smallest absolute Gasteiger partial charge is 0.312 e. The van der Waals surface area contributed by atoms with Gasteiger partial charge >= 0.3 is 11.8 Å². The van der Waals surface area contributed by atoms with Crippen molar-refractivity contribution >= 4 is 33.6 Å². The largest absolute Gasteiger partial charge is 0.353 e. The van der Waals surface area contributed by atoms with Crippen molar-refractivity contribution in [1.29, 1.82) is 0 Å². The lowest BCUT2D eigenvalue weighted by atomic mass is 10.3. The molecule has 0 aromatic carbocycles. The van der Waals surface area contributed by atoms with E-state index in [1.54, 1.807) is 16.0 Å². The minimum Gasteiger partial charge on any atom is -0.353 e. The predicted molar refractivity (Wildman–Crippen MR) is 86.5 cm³/mol. The number of halogens is 1. The molecule has 0 radical (unpaired) electrons. The maximum absolute atomic E-state index is 12.3. The Bertz CT molecular complexity index is 549. The minimum atomic E-state index is -0.356. The normalized spacial score (nSPS) is 18.7. The fourth-order valence-corrected chi connectivity index (χ4v) is 3.12. The van der Waals surface area contributed by atoms with E-state index in [-0.39, 0.29) is 11.8 Å². The van der Waals surface area contributed by atoms with E-state index in [0.29, 0.717) is 39.3 Å². The monoisotopic (exact) mass is 366 g/mol. The van der Waals surface area contributed by atoms with Gasteiger partial charge in [0.05, 0.1) is 0 Å². The molecule has 2 aliphatic heterocycles. The van der Waals surface area contributed by atoms with Crippen LogP contribution in [0.1, 0.15) is 12.8 Å². The highest BCUT2D eigenvalue weighted by molar-refractivity contribution is 9.10. The summed E-state index contributed by atoms with van der Waals surface area (Å²) in [7, 11) is 0. The van der Waals surface area contributed by atoms with E-state index in [1.165, 1.54) is 0 Å². The Labute approximate surface area is 138 Å². The highest BCUT2D eigenvalue weighted by Crippen LogP contribution is 2.17. The van der Waals surface area contributed by atoms with Crippen molar-refractivity contribution in [3.05, 3.63) is 22.8 Å². The second-order valence-corrected chi connectivity index (χ2v) is 6.53. The standard InChI is InChI=1S/C15H19BrN4O2/c16-12-3-4-13(17-11-12)18-7-9-20(10-8-18)15(22)14(21)19-5-1-2-6-19/h3-4,11H,1-2,5-10H2. The first kappa shape index (κ1) is 15.3. The number of nitrogens with zero attached hydrogens (tertiary/aromatic N) is 4.